The van der Waals surface area contributed by atoms with Crippen LogP contribution in [0.2, 0.25) is 0 Å². The lowest BCUT2D eigenvalue weighted by Gasteiger charge is -2.39. The van der Waals surface area contributed by atoms with Crippen LogP contribution in [0.4, 0.5) is 0 Å². The quantitative estimate of drug-likeness (QED) is 0.751. The first-order valence-electron chi connectivity index (χ1n) is 8.33. The van der Waals surface area contributed by atoms with Gasteiger partial charge in [0.05, 0.1) is 12.3 Å². The summed E-state index contributed by atoms with van der Waals surface area (Å²) in [5.74, 6) is -0.955. The fraction of sp³-hybridized carbons (Fsp3) is 0.529. The Morgan fingerprint density at radius 1 is 1.23 bits per heavy atom. The number of likely N-dealkylation sites (N-methyl/N-ethyl adjacent to an activating group) is 1. The van der Waals surface area contributed by atoms with E-state index in [0.29, 0.717) is 5.56 Å². The lowest BCUT2D eigenvalue weighted by atomic mass is 9.84. The van der Waals surface area contributed by atoms with Gasteiger partial charge < -0.3 is 25.1 Å². The van der Waals surface area contributed by atoms with Crippen molar-refractivity contribution in [1.82, 2.24) is 4.31 Å². The monoisotopic (exact) mass is 382 g/mol. The molecule has 0 aliphatic carbocycles. The van der Waals surface area contributed by atoms with E-state index in [0.717, 1.165) is 4.31 Å². The van der Waals surface area contributed by atoms with Crippen LogP contribution < -0.4 is 5.73 Å². The number of hydrogen-bond donors (Lipinski definition) is 2. The molecule has 142 valence electrons. The number of ether oxygens (including phenoxy) is 3. The molecule has 0 aromatic heterocycles. The number of hydrogen-bond acceptors (Lipinski definition) is 7. The third kappa shape index (κ3) is 2.09. The second kappa shape index (κ2) is 5.51. The topological polar surface area (TPSA) is 111 Å². The Bertz CT molecular complexity index is 868. The van der Waals surface area contributed by atoms with Crippen molar-refractivity contribution < 1.29 is 27.7 Å². The minimum Gasteiger partial charge on any atom is -0.399 e. The molecule has 0 bridgehead atoms. The summed E-state index contributed by atoms with van der Waals surface area (Å²) in [6.07, 6.45) is -2.53. The first kappa shape index (κ1) is 17.9. The van der Waals surface area contributed by atoms with Gasteiger partial charge in [0, 0.05) is 7.05 Å². The Hall–Kier alpha value is -1.49. The molecule has 1 spiro atoms. The number of fused-ring (bicyclic) bond motifs is 2. The number of aliphatic hydroxyl groups is 1. The van der Waals surface area contributed by atoms with Gasteiger partial charge in [-0.1, -0.05) is 30.3 Å². The SMILES string of the molecule is CN1[C@]2(C(N)=C(c3ccccc3)S1(=O)=O)[C@@H](CO)O[C@@H]1OC(C)(C)O[C@@H]12. The van der Waals surface area contributed by atoms with E-state index in [9.17, 15) is 13.5 Å². The third-order valence-corrected chi connectivity index (χ3v) is 7.29. The number of nitrogens with two attached hydrogens (primary N) is 1. The van der Waals surface area contributed by atoms with Crippen molar-refractivity contribution in [2.24, 2.45) is 5.73 Å². The maximum absolute atomic E-state index is 13.2. The summed E-state index contributed by atoms with van der Waals surface area (Å²) in [7, 11) is -2.49. The van der Waals surface area contributed by atoms with E-state index in [-0.39, 0.29) is 10.6 Å². The highest BCUT2D eigenvalue weighted by molar-refractivity contribution is 7.98. The predicted molar refractivity (Wildman–Crippen MR) is 92.7 cm³/mol. The molecule has 0 unspecified atom stereocenters. The van der Waals surface area contributed by atoms with Gasteiger partial charge in [0.2, 0.25) is 10.0 Å². The Kier molecular flexibility index (Phi) is 3.79. The zero-order valence-electron chi connectivity index (χ0n) is 14.7. The average Bonchev–Trinajstić information content (AvgIpc) is 3.09. The average molecular weight is 382 g/mol. The van der Waals surface area contributed by atoms with E-state index in [1.807, 2.05) is 0 Å². The van der Waals surface area contributed by atoms with E-state index in [4.69, 9.17) is 19.9 Å². The summed E-state index contributed by atoms with van der Waals surface area (Å²) in [5.41, 5.74) is 5.66. The molecule has 1 aromatic carbocycles. The van der Waals surface area contributed by atoms with Gasteiger partial charge in [-0.15, -0.1) is 0 Å². The summed E-state index contributed by atoms with van der Waals surface area (Å²) in [6, 6.07) is 8.65. The molecule has 2 fully saturated rings. The molecular formula is C17H22N2O6S. The molecule has 0 saturated carbocycles. The van der Waals surface area contributed by atoms with E-state index < -0.39 is 46.5 Å². The largest absolute Gasteiger partial charge is 0.399 e. The Morgan fingerprint density at radius 2 is 1.88 bits per heavy atom. The normalized spacial score (nSPS) is 38.2. The smallest absolute Gasteiger partial charge is 0.246 e. The van der Waals surface area contributed by atoms with Crippen LogP contribution in [0.1, 0.15) is 19.4 Å². The highest BCUT2D eigenvalue weighted by Crippen LogP contribution is 2.54. The van der Waals surface area contributed by atoms with Crippen molar-refractivity contribution >= 4 is 14.9 Å². The summed E-state index contributed by atoms with van der Waals surface area (Å²) in [4.78, 5) is 0.0107. The van der Waals surface area contributed by atoms with E-state index in [1.165, 1.54) is 7.05 Å². The van der Waals surface area contributed by atoms with Crippen LogP contribution in [0.25, 0.3) is 4.91 Å². The van der Waals surface area contributed by atoms with Gasteiger partial charge in [0.1, 0.15) is 22.7 Å². The molecule has 3 aliphatic heterocycles. The summed E-state index contributed by atoms with van der Waals surface area (Å²) in [6.45, 7) is 3.01. The van der Waals surface area contributed by atoms with Crippen molar-refractivity contribution in [3.63, 3.8) is 0 Å². The highest BCUT2D eigenvalue weighted by Gasteiger charge is 2.72. The fourth-order valence-corrected chi connectivity index (χ4v) is 6.05. The molecular weight excluding hydrogens is 360 g/mol. The number of rotatable bonds is 2. The van der Waals surface area contributed by atoms with E-state index in [2.05, 4.69) is 0 Å². The molecule has 0 radical (unpaired) electrons. The van der Waals surface area contributed by atoms with Gasteiger partial charge in [-0.25, -0.2) is 8.42 Å². The summed E-state index contributed by atoms with van der Waals surface area (Å²) >= 11 is 0. The van der Waals surface area contributed by atoms with E-state index in [1.54, 1.807) is 44.2 Å². The maximum Gasteiger partial charge on any atom is 0.246 e. The van der Waals surface area contributed by atoms with Crippen LogP contribution in [0.15, 0.2) is 36.0 Å². The van der Waals surface area contributed by atoms with Crippen molar-refractivity contribution in [1.29, 1.82) is 0 Å². The zero-order chi connectivity index (χ0) is 18.9. The van der Waals surface area contributed by atoms with Crippen molar-refractivity contribution in [2.75, 3.05) is 13.7 Å². The van der Waals surface area contributed by atoms with Crippen LogP contribution in [-0.4, -0.2) is 61.3 Å². The molecule has 9 heteroatoms. The summed E-state index contributed by atoms with van der Waals surface area (Å²) < 4.78 is 45.2. The van der Waals surface area contributed by atoms with Crippen molar-refractivity contribution in [2.45, 2.75) is 43.7 Å². The molecule has 26 heavy (non-hydrogen) atoms. The van der Waals surface area contributed by atoms with Crippen LogP contribution in [0.5, 0.6) is 0 Å². The summed E-state index contributed by atoms with van der Waals surface area (Å²) in [5, 5.41) is 9.90. The van der Waals surface area contributed by atoms with Crippen molar-refractivity contribution in [3.8, 4) is 0 Å². The molecule has 1 aromatic rings. The number of benzene rings is 1. The van der Waals surface area contributed by atoms with E-state index >= 15 is 0 Å². The molecule has 2 saturated heterocycles. The van der Waals surface area contributed by atoms with Crippen LogP contribution >= 0.6 is 0 Å². The molecule has 3 N–H and O–H groups in total. The first-order valence-corrected chi connectivity index (χ1v) is 9.77. The number of sulfonamides is 1. The first-order chi connectivity index (χ1) is 12.2. The molecule has 8 nitrogen and oxygen atoms in total. The van der Waals surface area contributed by atoms with Crippen LogP contribution in [-0.2, 0) is 24.2 Å². The fourth-order valence-electron chi connectivity index (χ4n) is 4.19. The molecule has 3 heterocycles. The Labute approximate surface area is 152 Å². The maximum atomic E-state index is 13.2. The highest BCUT2D eigenvalue weighted by atomic mass is 32.2. The predicted octanol–water partition coefficient (Wildman–Crippen LogP) is 0.197. The molecule has 4 atom stereocenters. The second-order valence-corrected chi connectivity index (χ2v) is 9.04. The standard InChI is InChI=1S/C17H22N2O6S/c1-16(2)24-14-15(25-16)23-11(9-20)17(14)13(18)12(26(21,22)19(17)3)10-7-5-4-6-8-10/h4-8,11,14-15,20H,9,18H2,1-3H3/t11-,14+,15-,17+/m1/s1. The lowest BCUT2D eigenvalue weighted by molar-refractivity contribution is -0.217. The Morgan fingerprint density at radius 3 is 2.50 bits per heavy atom. The van der Waals surface area contributed by atoms with Gasteiger partial charge in [-0.05, 0) is 19.4 Å². The number of aliphatic hydroxyl groups excluding tert-OH is 1. The molecule has 0 amide bonds. The molecule has 3 aliphatic rings. The molecule has 4 rings (SSSR count). The minimum absolute atomic E-state index is 0.0107. The zero-order valence-corrected chi connectivity index (χ0v) is 15.6. The van der Waals surface area contributed by atoms with Crippen molar-refractivity contribution in [3.05, 3.63) is 41.6 Å². The number of nitrogens with zero attached hydrogens (tertiary/aromatic N) is 1. The lowest BCUT2D eigenvalue weighted by Crippen LogP contribution is -2.61. The van der Waals surface area contributed by atoms with Crippen LogP contribution in [0.3, 0.4) is 0 Å². The van der Waals surface area contributed by atoms with Gasteiger partial charge >= 0.3 is 0 Å². The van der Waals surface area contributed by atoms with Gasteiger partial charge in [0.15, 0.2) is 12.1 Å². The third-order valence-electron chi connectivity index (χ3n) is 5.30. The van der Waals surface area contributed by atoms with Gasteiger partial charge in [0.25, 0.3) is 0 Å². The second-order valence-electron chi connectivity index (χ2n) is 7.14. The Balaban J connectivity index is 1.96. The van der Waals surface area contributed by atoms with Crippen LogP contribution in [0, 0.1) is 0 Å². The van der Waals surface area contributed by atoms with Gasteiger partial charge in [-0.2, -0.15) is 4.31 Å². The van der Waals surface area contributed by atoms with Gasteiger partial charge in [-0.3, -0.25) is 0 Å². The minimum atomic E-state index is -3.92.